The van der Waals surface area contributed by atoms with Crippen molar-refractivity contribution in [3.63, 3.8) is 0 Å². The van der Waals surface area contributed by atoms with Gasteiger partial charge in [0.1, 0.15) is 5.75 Å². The van der Waals surface area contributed by atoms with Crippen molar-refractivity contribution < 1.29 is 4.74 Å². The Morgan fingerprint density at radius 1 is 1.50 bits per heavy atom. The first-order valence-corrected chi connectivity index (χ1v) is 6.97. The minimum absolute atomic E-state index is 0.755. The molecule has 4 nitrogen and oxygen atoms in total. The third-order valence-corrected chi connectivity index (χ3v) is 3.78. The summed E-state index contributed by atoms with van der Waals surface area (Å²) < 4.78 is 6.83. The van der Waals surface area contributed by atoms with E-state index in [1.807, 2.05) is 0 Å². The maximum absolute atomic E-state index is 5.71. The maximum Gasteiger partial charge on any atom is 0.194 e. The Morgan fingerprint density at radius 2 is 2.39 bits per heavy atom. The summed E-state index contributed by atoms with van der Waals surface area (Å²) in [5.74, 6) is 2.02. The fourth-order valence-electron chi connectivity index (χ4n) is 2.37. The molecule has 1 N–H and O–H groups in total. The number of benzene rings is 1. The second kappa shape index (κ2) is 4.80. The Kier molecular flexibility index (Phi) is 3.16. The lowest BCUT2D eigenvalue weighted by Gasteiger charge is -2.16. The predicted molar refractivity (Wildman–Crippen MR) is 75.1 cm³/mol. The number of fused-ring (bicyclic) bond motifs is 1. The number of nitrogens with zero attached hydrogens (tertiary/aromatic N) is 2. The van der Waals surface area contributed by atoms with E-state index in [-0.39, 0.29) is 0 Å². The lowest BCUT2D eigenvalue weighted by molar-refractivity contribution is 0.353. The van der Waals surface area contributed by atoms with E-state index in [0.29, 0.717) is 0 Å². The van der Waals surface area contributed by atoms with E-state index in [1.54, 1.807) is 0 Å². The topological polar surface area (TPSA) is 36.9 Å². The first-order valence-electron chi connectivity index (χ1n) is 6.17. The van der Waals surface area contributed by atoms with Gasteiger partial charge < -0.3 is 15.0 Å². The minimum Gasteiger partial charge on any atom is -0.493 e. The van der Waals surface area contributed by atoms with Gasteiger partial charge in [-0.25, -0.2) is 0 Å². The number of likely N-dealkylation sites (N-methyl/N-ethyl adjacent to an activating group) is 1. The van der Waals surface area contributed by atoms with Gasteiger partial charge in [-0.1, -0.05) is 15.9 Å². The molecule has 3 rings (SSSR count). The van der Waals surface area contributed by atoms with Gasteiger partial charge in [0.15, 0.2) is 5.96 Å². The summed E-state index contributed by atoms with van der Waals surface area (Å²) in [4.78, 5) is 6.56. The van der Waals surface area contributed by atoms with Crippen LogP contribution in [0.2, 0.25) is 0 Å². The molecular weight excluding hydrogens is 294 g/mol. The monoisotopic (exact) mass is 309 g/mol. The standard InChI is InChI=1S/C13H16BrN3O/c1-17-4-3-15-13(17)16-8-10-7-11(14)6-9-2-5-18-12(9)10/h6-7H,2-5,8H2,1H3,(H,15,16). The predicted octanol–water partition coefficient (Wildman–Crippen LogP) is 1.77. The number of hydrogen-bond acceptors (Lipinski definition) is 4. The number of guanidine groups is 1. The van der Waals surface area contributed by atoms with Crippen molar-refractivity contribution in [2.75, 3.05) is 26.7 Å². The lowest BCUT2D eigenvalue weighted by atomic mass is 10.1. The van der Waals surface area contributed by atoms with Gasteiger partial charge in [-0.2, -0.15) is 0 Å². The van der Waals surface area contributed by atoms with Crippen LogP contribution >= 0.6 is 15.9 Å². The Bertz CT molecular complexity index is 501. The molecule has 0 spiro atoms. The highest BCUT2D eigenvalue weighted by molar-refractivity contribution is 9.10. The average Bonchev–Trinajstić information content (AvgIpc) is 2.94. The molecule has 0 unspecified atom stereocenters. The summed E-state index contributed by atoms with van der Waals surface area (Å²) in [6.07, 6.45) is 1.00. The van der Waals surface area contributed by atoms with Crippen molar-refractivity contribution in [3.05, 3.63) is 27.7 Å². The van der Waals surface area contributed by atoms with Crippen LogP contribution in [0.1, 0.15) is 11.1 Å². The third kappa shape index (κ3) is 2.19. The van der Waals surface area contributed by atoms with Gasteiger partial charge in [-0.05, 0) is 17.7 Å². The molecule has 1 aromatic carbocycles. The summed E-state index contributed by atoms with van der Waals surface area (Å²) in [6.45, 7) is 3.42. The number of aliphatic imine (C=N–C) groups is 1. The number of halogens is 1. The minimum atomic E-state index is 0.755. The SMILES string of the molecule is CN1CCN=C1NCc1cc(Br)cc2c1OCC2. The second-order valence-corrected chi connectivity index (χ2v) is 5.55. The number of hydrogen-bond donors (Lipinski definition) is 1. The van der Waals surface area contributed by atoms with Crippen LogP contribution in [0.5, 0.6) is 5.75 Å². The van der Waals surface area contributed by atoms with E-state index in [1.165, 1.54) is 11.1 Å². The molecule has 0 amide bonds. The molecule has 2 aliphatic rings. The molecule has 0 radical (unpaired) electrons. The van der Waals surface area contributed by atoms with Gasteiger partial charge in [-0.3, -0.25) is 4.99 Å². The zero-order valence-electron chi connectivity index (χ0n) is 10.4. The highest BCUT2D eigenvalue weighted by Crippen LogP contribution is 2.32. The maximum atomic E-state index is 5.71. The van der Waals surface area contributed by atoms with Crippen LogP contribution < -0.4 is 10.1 Å². The second-order valence-electron chi connectivity index (χ2n) is 4.63. The van der Waals surface area contributed by atoms with Crippen molar-refractivity contribution in [1.29, 1.82) is 0 Å². The third-order valence-electron chi connectivity index (χ3n) is 3.32. The van der Waals surface area contributed by atoms with Crippen LogP contribution in [0, 0.1) is 0 Å². The van der Waals surface area contributed by atoms with Crippen LogP contribution in [-0.2, 0) is 13.0 Å². The molecule has 0 saturated heterocycles. The Hall–Kier alpha value is -1.23. The van der Waals surface area contributed by atoms with Gasteiger partial charge in [0.25, 0.3) is 0 Å². The molecule has 0 bridgehead atoms. The molecule has 0 atom stereocenters. The normalized spacial score (nSPS) is 17.4. The molecule has 5 heteroatoms. The summed E-state index contributed by atoms with van der Waals surface area (Å²) in [5.41, 5.74) is 2.49. The average molecular weight is 310 g/mol. The molecule has 18 heavy (non-hydrogen) atoms. The van der Waals surface area contributed by atoms with Gasteiger partial charge in [0.2, 0.25) is 0 Å². The van der Waals surface area contributed by atoms with Crippen LogP contribution in [0.25, 0.3) is 0 Å². The summed E-state index contributed by atoms with van der Waals surface area (Å²) in [7, 11) is 2.06. The smallest absolute Gasteiger partial charge is 0.194 e. The number of rotatable bonds is 2. The van der Waals surface area contributed by atoms with E-state index >= 15 is 0 Å². The first-order chi connectivity index (χ1) is 8.74. The van der Waals surface area contributed by atoms with Crippen molar-refractivity contribution in [2.45, 2.75) is 13.0 Å². The number of ether oxygens (including phenoxy) is 1. The van der Waals surface area contributed by atoms with E-state index < -0.39 is 0 Å². The van der Waals surface area contributed by atoms with Crippen LogP contribution in [0.3, 0.4) is 0 Å². The molecule has 0 aliphatic carbocycles. The summed E-state index contributed by atoms with van der Waals surface area (Å²) in [5, 5.41) is 3.38. The van der Waals surface area contributed by atoms with Crippen molar-refractivity contribution in [2.24, 2.45) is 4.99 Å². The van der Waals surface area contributed by atoms with Crippen molar-refractivity contribution >= 4 is 21.9 Å². The van der Waals surface area contributed by atoms with Gasteiger partial charge in [0.05, 0.1) is 13.2 Å². The zero-order chi connectivity index (χ0) is 12.5. The summed E-state index contributed by atoms with van der Waals surface area (Å²) in [6, 6.07) is 4.26. The molecule has 2 heterocycles. The molecule has 0 aromatic heterocycles. The Morgan fingerprint density at radius 3 is 3.17 bits per heavy atom. The first kappa shape index (κ1) is 11.8. The van der Waals surface area contributed by atoms with Gasteiger partial charge in [0, 0.05) is 36.6 Å². The van der Waals surface area contributed by atoms with Crippen LogP contribution in [-0.4, -0.2) is 37.6 Å². The summed E-state index contributed by atoms with van der Waals surface area (Å²) >= 11 is 3.56. The zero-order valence-corrected chi connectivity index (χ0v) is 12.0. The van der Waals surface area contributed by atoms with Crippen molar-refractivity contribution in [1.82, 2.24) is 10.2 Å². The van der Waals surface area contributed by atoms with Crippen LogP contribution in [0.4, 0.5) is 0 Å². The molecule has 0 fully saturated rings. The molecular formula is C13H16BrN3O. The Labute approximate surface area is 115 Å². The molecule has 0 saturated carbocycles. The van der Waals surface area contributed by atoms with Crippen LogP contribution in [0.15, 0.2) is 21.6 Å². The largest absolute Gasteiger partial charge is 0.493 e. The van der Waals surface area contributed by atoms with Gasteiger partial charge in [-0.15, -0.1) is 0 Å². The van der Waals surface area contributed by atoms with E-state index in [2.05, 4.69) is 50.3 Å². The molecule has 1 aromatic rings. The fourth-order valence-corrected chi connectivity index (χ4v) is 2.93. The highest BCUT2D eigenvalue weighted by Gasteiger charge is 2.18. The fraction of sp³-hybridized carbons (Fsp3) is 0.462. The quantitative estimate of drug-likeness (QED) is 0.905. The van der Waals surface area contributed by atoms with Gasteiger partial charge >= 0.3 is 0 Å². The number of nitrogens with one attached hydrogen (secondary N) is 1. The van der Waals surface area contributed by atoms with E-state index in [9.17, 15) is 0 Å². The molecule has 96 valence electrons. The van der Waals surface area contributed by atoms with E-state index in [4.69, 9.17) is 4.74 Å². The lowest BCUT2D eigenvalue weighted by Crippen LogP contribution is -2.35. The van der Waals surface area contributed by atoms with Crippen molar-refractivity contribution in [3.8, 4) is 5.75 Å². The Balaban J connectivity index is 1.77. The van der Waals surface area contributed by atoms with E-state index in [0.717, 1.165) is 48.8 Å². The molecule has 2 aliphatic heterocycles. The highest BCUT2D eigenvalue weighted by atomic mass is 79.9.